The van der Waals surface area contributed by atoms with E-state index in [-0.39, 0.29) is 26.7 Å². The van der Waals surface area contributed by atoms with E-state index in [0.717, 1.165) is 42.7 Å². The molecule has 1 aromatic heterocycles. The molecule has 0 bridgehead atoms. The number of amides is 2. The van der Waals surface area contributed by atoms with Crippen LogP contribution in [-0.2, 0) is 0 Å². The molecule has 0 unspecified atom stereocenters. The van der Waals surface area contributed by atoms with Gasteiger partial charge in [0.15, 0.2) is 0 Å². The summed E-state index contributed by atoms with van der Waals surface area (Å²) in [5.74, 6) is -4.69. The van der Waals surface area contributed by atoms with Gasteiger partial charge < -0.3 is 20.1 Å². The van der Waals surface area contributed by atoms with Gasteiger partial charge in [0.05, 0.1) is 17.0 Å². The summed E-state index contributed by atoms with van der Waals surface area (Å²) in [5, 5.41) is 14.5. The molecular formula is C26H28BrF2N5O5. The number of halogens is 3. The van der Waals surface area contributed by atoms with Crippen LogP contribution < -0.4 is 10.9 Å². The number of aromatic nitrogens is 1. The number of nitrogens with zero attached hydrogens (tertiary/aromatic N) is 3. The predicted octanol–water partition coefficient (Wildman–Crippen LogP) is 4.33. The Morgan fingerprint density at radius 2 is 1.79 bits per heavy atom. The van der Waals surface area contributed by atoms with Crippen LogP contribution in [0.1, 0.15) is 58.5 Å². The highest BCUT2D eigenvalue weighted by molar-refractivity contribution is 9.10. The second kappa shape index (κ2) is 10.00. The average molecular weight is 608 g/mol. The Morgan fingerprint density at radius 3 is 2.38 bits per heavy atom. The number of nitro benzene ring substituents is 1. The molecule has 208 valence electrons. The quantitative estimate of drug-likeness (QED) is 0.384. The fourth-order valence-electron chi connectivity index (χ4n) is 5.84. The lowest BCUT2D eigenvalue weighted by molar-refractivity contribution is -0.384. The van der Waals surface area contributed by atoms with Crippen molar-refractivity contribution >= 4 is 39.1 Å². The zero-order valence-corrected chi connectivity index (χ0v) is 22.9. The topological polar surface area (TPSA) is 129 Å². The summed E-state index contributed by atoms with van der Waals surface area (Å²) in [4.78, 5) is 54.6. The van der Waals surface area contributed by atoms with Gasteiger partial charge in [0.2, 0.25) is 5.56 Å². The molecular weight excluding hydrogens is 580 g/mol. The number of H-pyrrole nitrogens is 1. The second-order valence-electron chi connectivity index (χ2n) is 10.8. The minimum absolute atomic E-state index is 0.0347. The van der Waals surface area contributed by atoms with Crippen LogP contribution in [0.25, 0.3) is 0 Å². The summed E-state index contributed by atoms with van der Waals surface area (Å²) in [5.41, 5.74) is -0.798. The zero-order chi connectivity index (χ0) is 28.1. The number of hydrogen-bond acceptors (Lipinski definition) is 6. The van der Waals surface area contributed by atoms with Crippen LogP contribution in [0.3, 0.4) is 0 Å². The van der Waals surface area contributed by atoms with Crippen molar-refractivity contribution in [3.05, 3.63) is 66.0 Å². The number of alkyl halides is 2. The summed E-state index contributed by atoms with van der Waals surface area (Å²) in [6, 6.07) is 3.30. The zero-order valence-electron chi connectivity index (χ0n) is 21.3. The van der Waals surface area contributed by atoms with Crippen molar-refractivity contribution in [2.45, 2.75) is 51.0 Å². The van der Waals surface area contributed by atoms with Crippen LogP contribution in [0.5, 0.6) is 0 Å². The van der Waals surface area contributed by atoms with Crippen LogP contribution in [0.2, 0.25) is 0 Å². The van der Waals surface area contributed by atoms with Gasteiger partial charge in [-0.05, 0) is 50.2 Å². The van der Waals surface area contributed by atoms with Crippen LogP contribution in [-0.4, -0.2) is 69.7 Å². The number of likely N-dealkylation sites (tertiary alicyclic amines) is 2. The number of rotatable bonds is 5. The summed E-state index contributed by atoms with van der Waals surface area (Å²) in [6.07, 6.45) is 5.13. The van der Waals surface area contributed by atoms with Gasteiger partial charge in [-0.3, -0.25) is 24.5 Å². The fraction of sp³-hybridized carbons (Fsp3) is 0.500. The molecule has 3 heterocycles. The third-order valence-electron chi connectivity index (χ3n) is 8.18. The Balaban J connectivity index is 1.42. The first kappa shape index (κ1) is 27.2. The maximum absolute atomic E-state index is 15.2. The number of hydrogen-bond donors (Lipinski definition) is 2. The molecule has 1 atom stereocenters. The fourth-order valence-corrected chi connectivity index (χ4v) is 6.29. The van der Waals surface area contributed by atoms with E-state index in [4.69, 9.17) is 0 Å². The Morgan fingerprint density at radius 1 is 1.10 bits per heavy atom. The molecule has 2 aliphatic heterocycles. The maximum Gasteiger partial charge on any atom is 0.294 e. The molecule has 1 saturated carbocycles. The molecule has 10 nitrogen and oxygen atoms in total. The van der Waals surface area contributed by atoms with Crippen molar-refractivity contribution in [2.24, 2.45) is 5.41 Å². The molecule has 2 aromatic rings. The third kappa shape index (κ3) is 5.28. The molecule has 2 N–H and O–H groups in total. The van der Waals surface area contributed by atoms with Crippen LogP contribution >= 0.6 is 15.9 Å². The number of aryl methyl sites for hydroxylation is 1. The van der Waals surface area contributed by atoms with Gasteiger partial charge in [-0.15, -0.1) is 0 Å². The molecule has 1 spiro atoms. The number of carbonyl (C=O) groups is 2. The van der Waals surface area contributed by atoms with Crippen molar-refractivity contribution in [1.82, 2.24) is 14.8 Å². The van der Waals surface area contributed by atoms with E-state index in [9.17, 15) is 24.5 Å². The van der Waals surface area contributed by atoms with Crippen molar-refractivity contribution in [2.75, 3.05) is 31.5 Å². The van der Waals surface area contributed by atoms with Gasteiger partial charge >= 0.3 is 0 Å². The lowest BCUT2D eigenvalue weighted by atomic mass is 9.63. The standard InChI is InChI=1S/C26H28BrF2N5O5/c1-15-9-16(10-21(35)30-15)23(36)33-13-20(26(28,29)14-33)31-22-18(11-17(27)12-19(22)34(38)39)24(37)32-7-5-25(6-8-32)3-2-4-25/h9-12,20,31H,2-8,13-14H2,1H3,(H,30,35)/t20-/m0/s1. The number of benzene rings is 1. The lowest BCUT2D eigenvalue weighted by Gasteiger charge is -2.48. The lowest BCUT2D eigenvalue weighted by Crippen LogP contribution is -2.46. The predicted molar refractivity (Wildman–Crippen MR) is 142 cm³/mol. The Kier molecular flexibility index (Phi) is 6.98. The molecule has 2 amide bonds. The van der Waals surface area contributed by atoms with Crippen LogP contribution in [0.4, 0.5) is 20.2 Å². The van der Waals surface area contributed by atoms with E-state index in [1.165, 1.54) is 18.6 Å². The second-order valence-corrected chi connectivity index (χ2v) is 11.7. The van der Waals surface area contributed by atoms with Crippen molar-refractivity contribution < 1.29 is 23.3 Å². The van der Waals surface area contributed by atoms with Gasteiger partial charge in [-0.2, -0.15) is 0 Å². The third-order valence-corrected chi connectivity index (χ3v) is 8.64. The number of piperidine rings is 1. The minimum atomic E-state index is -3.46. The Labute approximate surface area is 231 Å². The highest BCUT2D eigenvalue weighted by Crippen LogP contribution is 2.49. The molecule has 1 aliphatic carbocycles. The van der Waals surface area contributed by atoms with E-state index < -0.39 is 53.0 Å². The smallest absolute Gasteiger partial charge is 0.294 e. The maximum atomic E-state index is 15.2. The molecule has 0 radical (unpaired) electrons. The largest absolute Gasteiger partial charge is 0.369 e. The van der Waals surface area contributed by atoms with E-state index in [1.807, 2.05) is 0 Å². The first-order valence-electron chi connectivity index (χ1n) is 12.8. The van der Waals surface area contributed by atoms with Gasteiger partial charge in [0.1, 0.15) is 11.7 Å². The Bertz CT molecular complexity index is 1400. The summed E-state index contributed by atoms with van der Waals surface area (Å²) in [6.45, 7) is 1.13. The monoisotopic (exact) mass is 607 g/mol. The normalized spacial score (nSPS) is 21.5. The van der Waals surface area contributed by atoms with Gasteiger partial charge in [-0.25, -0.2) is 8.78 Å². The number of nitro groups is 1. The highest BCUT2D eigenvalue weighted by atomic mass is 79.9. The number of anilines is 1. The molecule has 39 heavy (non-hydrogen) atoms. The molecule has 3 aliphatic rings. The van der Waals surface area contributed by atoms with E-state index in [1.54, 1.807) is 11.8 Å². The van der Waals surface area contributed by atoms with Gasteiger partial charge in [-0.1, -0.05) is 22.4 Å². The first-order chi connectivity index (χ1) is 18.4. The first-order valence-corrected chi connectivity index (χ1v) is 13.6. The number of carbonyl (C=O) groups excluding carboxylic acids is 2. The molecule has 2 saturated heterocycles. The molecule has 5 rings (SSSR count). The number of pyridine rings is 1. The molecule has 1 aromatic carbocycles. The number of aromatic amines is 1. The summed E-state index contributed by atoms with van der Waals surface area (Å²) >= 11 is 3.22. The van der Waals surface area contributed by atoms with Gasteiger partial charge in [0.25, 0.3) is 23.4 Å². The Hall–Kier alpha value is -3.35. The van der Waals surface area contributed by atoms with E-state index in [0.29, 0.717) is 18.8 Å². The molecule has 3 fully saturated rings. The van der Waals surface area contributed by atoms with E-state index >= 15 is 8.78 Å². The van der Waals surface area contributed by atoms with Crippen LogP contribution in [0.15, 0.2) is 33.5 Å². The van der Waals surface area contributed by atoms with Crippen LogP contribution in [0, 0.1) is 22.5 Å². The summed E-state index contributed by atoms with van der Waals surface area (Å²) < 4.78 is 30.7. The van der Waals surface area contributed by atoms with Crippen molar-refractivity contribution in [1.29, 1.82) is 0 Å². The van der Waals surface area contributed by atoms with Gasteiger partial charge in [0, 0.05) is 47.5 Å². The van der Waals surface area contributed by atoms with E-state index in [2.05, 4.69) is 26.2 Å². The molecule has 13 heteroatoms. The summed E-state index contributed by atoms with van der Waals surface area (Å²) in [7, 11) is 0. The number of nitrogens with one attached hydrogen (secondary N) is 2. The van der Waals surface area contributed by atoms with Crippen molar-refractivity contribution in [3.63, 3.8) is 0 Å². The minimum Gasteiger partial charge on any atom is -0.369 e. The SMILES string of the molecule is Cc1cc(C(=O)N2C[C@H](Nc3c(C(=O)N4CCC5(CCC5)CC4)cc(Br)cc3[N+](=O)[O-])C(F)(F)C2)cc(=O)[nH]1. The highest BCUT2D eigenvalue weighted by Gasteiger charge is 2.51. The average Bonchev–Trinajstić information content (AvgIpc) is 3.16. The van der Waals surface area contributed by atoms with Crippen molar-refractivity contribution in [3.8, 4) is 0 Å².